The van der Waals surface area contributed by atoms with Crippen molar-refractivity contribution in [1.82, 2.24) is 39.5 Å². The van der Waals surface area contributed by atoms with E-state index in [4.69, 9.17) is 35.4 Å². The minimum Gasteiger partial charge on any atom is -0.464 e. The third-order valence-corrected chi connectivity index (χ3v) is 14.5. The fourth-order valence-electron chi connectivity index (χ4n) is 10.4. The van der Waals surface area contributed by atoms with Gasteiger partial charge in [0.2, 0.25) is 0 Å². The van der Waals surface area contributed by atoms with Crippen LogP contribution in [0.4, 0.5) is 0 Å². The summed E-state index contributed by atoms with van der Waals surface area (Å²) in [5, 5.41) is 7.79. The first-order valence-electron chi connectivity index (χ1n) is 26.4. The smallest absolute Gasteiger partial charge is 0.164 e. The van der Waals surface area contributed by atoms with Gasteiger partial charge in [0.25, 0.3) is 0 Å². The van der Waals surface area contributed by atoms with Crippen LogP contribution in [0.15, 0.2) is 276 Å². The minimum atomic E-state index is 0.607. The summed E-state index contributed by atoms with van der Waals surface area (Å²) in [6.45, 7) is 0. The number of aromatic amines is 1. The Morgan fingerprint density at radius 1 is 0.321 bits per heavy atom. The van der Waals surface area contributed by atoms with E-state index in [0.29, 0.717) is 40.0 Å². The van der Waals surface area contributed by atoms with Gasteiger partial charge in [0.05, 0.1) is 29.1 Å². The third-order valence-electron chi connectivity index (χ3n) is 14.2. The molecule has 1 N–H and O–H groups in total. The number of hydrogen-bond acceptors (Lipinski definition) is 8. The minimum absolute atomic E-state index is 0.607. The fourth-order valence-corrected chi connectivity index (χ4v) is 10.6. The predicted molar refractivity (Wildman–Crippen MR) is 327 cm³/mol. The first kappa shape index (κ1) is 48.6. The molecule has 0 radical (unpaired) electrons. The second kappa shape index (κ2) is 21.2. The Labute approximate surface area is 469 Å². The van der Waals surface area contributed by atoms with Crippen molar-refractivity contribution in [3.8, 4) is 74.0 Å². The monoisotopic (exact) mass is 1060 g/mol. The summed E-state index contributed by atoms with van der Waals surface area (Å²) in [7, 11) is 0. The zero-order valence-electron chi connectivity index (χ0n) is 43.2. The summed E-state index contributed by atoms with van der Waals surface area (Å²) < 4.78 is 13.5. The molecule has 6 heterocycles. The van der Waals surface area contributed by atoms with E-state index in [-0.39, 0.29) is 0 Å². The number of benzene rings is 10. The lowest BCUT2D eigenvalue weighted by atomic mass is 10.1. The van der Waals surface area contributed by atoms with Crippen molar-refractivity contribution in [3.05, 3.63) is 272 Å². The summed E-state index contributed by atoms with van der Waals surface area (Å²) >= 11 is 6.14. The molecule has 384 valence electrons. The lowest BCUT2D eigenvalue weighted by molar-refractivity contribution is 0.616. The molecular formula is C70H45ClN8O2. The Bertz CT molecular complexity index is 4790. The molecule has 10 aromatic carbocycles. The number of halogens is 1. The molecule has 0 unspecified atom stereocenters. The second-order valence-electron chi connectivity index (χ2n) is 19.3. The number of hydrogen-bond donors (Lipinski definition) is 1. The van der Waals surface area contributed by atoms with Crippen molar-refractivity contribution in [2.75, 3.05) is 0 Å². The van der Waals surface area contributed by atoms with Gasteiger partial charge in [-0.1, -0.05) is 194 Å². The Balaban J connectivity index is 0.000000121. The Morgan fingerprint density at radius 2 is 0.753 bits per heavy atom. The normalized spacial score (nSPS) is 11.3. The van der Waals surface area contributed by atoms with Crippen molar-refractivity contribution < 1.29 is 8.83 Å². The zero-order chi connectivity index (χ0) is 54.1. The van der Waals surface area contributed by atoms with Crippen LogP contribution in [0.5, 0.6) is 0 Å². The third kappa shape index (κ3) is 9.51. The summed E-state index contributed by atoms with van der Waals surface area (Å²) in [5.41, 5.74) is 13.0. The van der Waals surface area contributed by atoms with E-state index in [2.05, 4.69) is 103 Å². The first-order chi connectivity index (χ1) is 40.1. The van der Waals surface area contributed by atoms with Crippen molar-refractivity contribution >= 4 is 77.2 Å². The van der Waals surface area contributed by atoms with Gasteiger partial charge in [0.1, 0.15) is 11.2 Å². The van der Waals surface area contributed by atoms with E-state index < -0.39 is 0 Å². The molecule has 0 aliphatic rings. The van der Waals surface area contributed by atoms with Crippen LogP contribution in [-0.2, 0) is 0 Å². The van der Waals surface area contributed by atoms with Crippen LogP contribution in [0.25, 0.3) is 140 Å². The van der Waals surface area contributed by atoms with E-state index in [1.165, 1.54) is 27.1 Å². The number of nitrogens with zero attached hydrogens (tertiary/aromatic N) is 7. The maximum Gasteiger partial charge on any atom is 0.164 e. The highest BCUT2D eigenvalue weighted by Gasteiger charge is 2.19. The molecule has 10 nitrogen and oxygen atoms in total. The molecule has 81 heavy (non-hydrogen) atoms. The molecule has 0 spiro atoms. The van der Waals surface area contributed by atoms with Crippen LogP contribution in [0, 0.1) is 0 Å². The first-order valence-corrected chi connectivity index (χ1v) is 26.8. The molecule has 0 atom stereocenters. The number of para-hydroxylation sites is 2. The van der Waals surface area contributed by atoms with Crippen LogP contribution < -0.4 is 0 Å². The molecular weight excluding hydrogens is 1020 g/mol. The lowest BCUT2D eigenvalue weighted by Gasteiger charge is -2.12. The van der Waals surface area contributed by atoms with E-state index in [1.54, 1.807) is 12.5 Å². The van der Waals surface area contributed by atoms with Gasteiger partial charge < -0.3 is 18.4 Å². The average molecular weight is 1070 g/mol. The van der Waals surface area contributed by atoms with Crippen molar-refractivity contribution in [1.29, 1.82) is 0 Å². The van der Waals surface area contributed by atoms with Crippen LogP contribution in [0.2, 0.25) is 5.02 Å². The van der Waals surface area contributed by atoms with Crippen LogP contribution >= 0.6 is 11.6 Å². The number of furan rings is 2. The topological polar surface area (TPSA) is 124 Å². The Kier molecular flexibility index (Phi) is 12.7. The van der Waals surface area contributed by atoms with Crippen LogP contribution in [0.1, 0.15) is 0 Å². The molecule has 0 saturated carbocycles. The van der Waals surface area contributed by atoms with E-state index in [0.717, 1.165) is 77.6 Å². The number of H-pyrrole nitrogens is 1. The highest BCUT2D eigenvalue weighted by Crippen LogP contribution is 2.38. The van der Waals surface area contributed by atoms with E-state index in [9.17, 15) is 0 Å². The Hall–Kier alpha value is -10.8. The van der Waals surface area contributed by atoms with Gasteiger partial charge in [-0.15, -0.1) is 0 Å². The van der Waals surface area contributed by atoms with Gasteiger partial charge in [0, 0.05) is 81.9 Å². The molecule has 0 saturated heterocycles. The number of fused-ring (bicyclic) bond motifs is 10. The highest BCUT2D eigenvalue weighted by molar-refractivity contribution is 6.30. The molecule has 0 fully saturated rings. The molecule has 0 aliphatic heterocycles. The number of aromatic nitrogens is 8. The average Bonchev–Trinajstić information content (AvgIpc) is 4.53. The van der Waals surface area contributed by atoms with Gasteiger partial charge in [-0.3, -0.25) is 0 Å². The van der Waals surface area contributed by atoms with Gasteiger partial charge in [-0.2, -0.15) is 0 Å². The van der Waals surface area contributed by atoms with Crippen molar-refractivity contribution in [2.45, 2.75) is 0 Å². The number of rotatable bonds is 7. The second-order valence-corrected chi connectivity index (χ2v) is 19.7. The molecule has 0 aliphatic carbocycles. The van der Waals surface area contributed by atoms with Gasteiger partial charge in [-0.25, -0.2) is 29.9 Å². The summed E-state index contributed by atoms with van der Waals surface area (Å²) in [5.74, 6) is 3.81. The summed E-state index contributed by atoms with van der Waals surface area (Å²) in [6.07, 6.45) is 3.49. The largest absolute Gasteiger partial charge is 0.464 e. The zero-order valence-corrected chi connectivity index (χ0v) is 44.0. The molecule has 16 rings (SSSR count). The molecule has 0 bridgehead atoms. The molecule has 16 aromatic rings. The predicted octanol–water partition coefficient (Wildman–Crippen LogP) is 18.3. The maximum atomic E-state index is 6.14. The maximum absolute atomic E-state index is 6.14. The van der Waals surface area contributed by atoms with Gasteiger partial charge in [0.15, 0.2) is 34.9 Å². The van der Waals surface area contributed by atoms with Gasteiger partial charge >= 0.3 is 0 Å². The summed E-state index contributed by atoms with van der Waals surface area (Å²) in [4.78, 5) is 32.2. The molecule has 6 aromatic heterocycles. The van der Waals surface area contributed by atoms with Crippen molar-refractivity contribution in [2.24, 2.45) is 0 Å². The van der Waals surface area contributed by atoms with E-state index >= 15 is 0 Å². The quantitative estimate of drug-likeness (QED) is 0.167. The standard InChI is InChI=1S/C35H22N4O.C21H14ClN3.C14H9NO/c1-3-10-23(11-4-1)33-36-34(24-12-5-2-6-13-24)38-35(37-33)25-14-9-15-26(22-25)39-30-17-8-7-16-27(30)28-18-19-31-29(32(28)39)20-21-40-31;22-18-13-7-12-17(14-18)21-24-19(15-8-3-1-4-9-15)23-20(25-21)16-10-5-2-6-11-16;1-2-4-12-9(3-1)10-5-6-13-11(7-8-16-13)14(10)15-12/h1-22H;1-14H;1-8,15H. The van der Waals surface area contributed by atoms with Crippen LogP contribution in [0.3, 0.4) is 0 Å². The lowest BCUT2D eigenvalue weighted by Crippen LogP contribution is -2.01. The van der Waals surface area contributed by atoms with E-state index in [1.807, 2.05) is 176 Å². The van der Waals surface area contributed by atoms with Gasteiger partial charge in [-0.05, 0) is 72.8 Å². The Morgan fingerprint density at radius 3 is 1.31 bits per heavy atom. The number of nitrogens with one attached hydrogen (secondary N) is 1. The SMILES string of the molecule is Clc1cccc(-c2nc(-c3ccccc3)nc(-c3ccccc3)n2)c1.c1ccc(-c2nc(-c3ccccc3)nc(-c3cccc(-n4c5ccccc5c5ccc6occc6c54)c3)n2)cc1.c1ccc2c(c1)[nH]c1c3ccoc3ccc21. The van der Waals surface area contributed by atoms with Crippen molar-refractivity contribution in [3.63, 3.8) is 0 Å². The highest BCUT2D eigenvalue weighted by atomic mass is 35.5. The summed E-state index contributed by atoms with van der Waals surface area (Å²) in [6, 6.07) is 85.1. The molecule has 11 heteroatoms. The van der Waals surface area contributed by atoms with Crippen LogP contribution in [-0.4, -0.2) is 39.5 Å². The molecule has 0 amide bonds. The fraction of sp³-hybridized carbons (Fsp3) is 0.